The third kappa shape index (κ3) is 2.86. The quantitative estimate of drug-likeness (QED) is 0.543. The number of thiophene rings is 1. The Morgan fingerprint density at radius 2 is 1.85 bits per heavy atom. The lowest BCUT2D eigenvalue weighted by atomic mass is 9.92. The normalized spacial score (nSPS) is 16.4. The molecule has 1 N–H and O–H groups in total. The van der Waals surface area contributed by atoms with Crippen molar-refractivity contribution in [2.45, 2.75) is 18.9 Å². The number of hydrogen-bond acceptors (Lipinski definition) is 2. The van der Waals surface area contributed by atoms with Crippen molar-refractivity contribution in [3.05, 3.63) is 93.8 Å². The predicted molar refractivity (Wildman–Crippen MR) is 110 cm³/mol. The van der Waals surface area contributed by atoms with Crippen LogP contribution >= 0.6 is 11.3 Å². The first kappa shape index (κ1) is 16.3. The number of nitrogens with zero attached hydrogens (tertiary/aromatic N) is 1. The van der Waals surface area contributed by atoms with Gasteiger partial charge in [0.05, 0.1) is 12.5 Å². The van der Waals surface area contributed by atoms with Gasteiger partial charge in [0.15, 0.2) is 0 Å². The molecule has 4 heteroatoms. The minimum Gasteiger partial charge on any atom is -0.356 e. The van der Waals surface area contributed by atoms with Crippen molar-refractivity contribution in [3.63, 3.8) is 0 Å². The van der Waals surface area contributed by atoms with Gasteiger partial charge in [-0.15, -0.1) is 11.3 Å². The monoisotopic (exact) mass is 372 g/mol. The number of aromatic nitrogens is 1. The summed E-state index contributed by atoms with van der Waals surface area (Å²) in [7, 11) is 0. The second-order valence-electron chi connectivity index (χ2n) is 6.97. The van der Waals surface area contributed by atoms with E-state index in [9.17, 15) is 4.79 Å². The molecule has 0 bridgehead atoms. The summed E-state index contributed by atoms with van der Waals surface area (Å²) in [4.78, 5) is 20.0. The second kappa shape index (κ2) is 6.71. The molecule has 0 unspecified atom stereocenters. The molecule has 1 aliphatic heterocycles. The van der Waals surface area contributed by atoms with E-state index in [0.717, 1.165) is 34.6 Å². The molecule has 1 aliphatic rings. The fourth-order valence-corrected chi connectivity index (χ4v) is 4.85. The van der Waals surface area contributed by atoms with Crippen molar-refractivity contribution >= 4 is 28.1 Å². The number of aromatic amines is 1. The average Bonchev–Trinajstić information content (AvgIpc) is 3.35. The number of hydrogen-bond donors (Lipinski definition) is 1. The van der Waals surface area contributed by atoms with E-state index in [4.69, 9.17) is 0 Å². The van der Waals surface area contributed by atoms with Gasteiger partial charge in [-0.25, -0.2) is 0 Å². The number of para-hydroxylation sites is 1. The second-order valence-corrected chi connectivity index (χ2v) is 8.00. The summed E-state index contributed by atoms with van der Waals surface area (Å²) in [5, 5.41) is 3.31. The van der Waals surface area contributed by atoms with Crippen molar-refractivity contribution in [3.8, 4) is 0 Å². The molecule has 0 radical (unpaired) electrons. The molecule has 0 saturated heterocycles. The highest BCUT2D eigenvalue weighted by molar-refractivity contribution is 7.10. The molecule has 0 spiro atoms. The Balaban J connectivity index is 1.60. The number of carbonyl (C=O) groups is 1. The molecule has 3 nitrogen and oxygen atoms in total. The highest BCUT2D eigenvalue weighted by atomic mass is 32.1. The molecule has 2 aromatic heterocycles. The van der Waals surface area contributed by atoms with Crippen LogP contribution in [0.15, 0.2) is 72.1 Å². The maximum atomic E-state index is 13.2. The molecule has 134 valence electrons. The van der Waals surface area contributed by atoms with E-state index in [1.54, 1.807) is 11.3 Å². The van der Waals surface area contributed by atoms with Crippen LogP contribution in [0.3, 0.4) is 0 Å². The lowest BCUT2D eigenvalue weighted by molar-refractivity contribution is -0.132. The first-order valence-electron chi connectivity index (χ1n) is 9.27. The van der Waals surface area contributed by atoms with Gasteiger partial charge < -0.3 is 9.88 Å². The van der Waals surface area contributed by atoms with Gasteiger partial charge in [-0.05, 0) is 35.1 Å². The van der Waals surface area contributed by atoms with Crippen LogP contribution in [0.25, 0.3) is 10.9 Å². The number of nitrogens with one attached hydrogen (secondary N) is 1. The van der Waals surface area contributed by atoms with Gasteiger partial charge in [0.2, 0.25) is 5.91 Å². The van der Waals surface area contributed by atoms with Crippen molar-refractivity contribution < 1.29 is 4.79 Å². The lowest BCUT2D eigenvalue weighted by Crippen LogP contribution is -2.41. The first-order chi connectivity index (χ1) is 13.3. The van der Waals surface area contributed by atoms with Gasteiger partial charge in [0, 0.05) is 28.0 Å². The zero-order valence-corrected chi connectivity index (χ0v) is 15.7. The summed E-state index contributed by atoms with van der Waals surface area (Å²) >= 11 is 1.65. The van der Waals surface area contributed by atoms with Crippen LogP contribution in [-0.4, -0.2) is 22.3 Å². The van der Waals surface area contributed by atoms with Crippen LogP contribution in [0.4, 0.5) is 0 Å². The minimum atomic E-state index is -0.0604. The number of H-pyrrole nitrogens is 1. The third-order valence-corrected chi connectivity index (χ3v) is 6.25. The van der Waals surface area contributed by atoms with E-state index < -0.39 is 0 Å². The minimum absolute atomic E-state index is 0.0604. The molecule has 0 saturated carbocycles. The van der Waals surface area contributed by atoms with E-state index >= 15 is 0 Å². The van der Waals surface area contributed by atoms with Crippen molar-refractivity contribution in [1.29, 1.82) is 0 Å². The van der Waals surface area contributed by atoms with E-state index in [-0.39, 0.29) is 11.9 Å². The SMILES string of the molecule is O=C(Cc1cccs1)N1CCc2c([nH]c3ccccc23)[C@@H]1c1ccccc1. The van der Waals surface area contributed by atoms with Crippen LogP contribution in [-0.2, 0) is 17.6 Å². The smallest absolute Gasteiger partial charge is 0.228 e. The molecule has 5 rings (SSSR count). The number of fused-ring (bicyclic) bond motifs is 3. The zero-order chi connectivity index (χ0) is 18.2. The van der Waals surface area contributed by atoms with Crippen molar-refractivity contribution in [2.75, 3.05) is 6.54 Å². The number of benzene rings is 2. The molecule has 1 atom stereocenters. The molecule has 1 amide bonds. The molecular formula is C23H20N2OS. The topological polar surface area (TPSA) is 36.1 Å². The molecular weight excluding hydrogens is 352 g/mol. The molecule has 0 fully saturated rings. The Labute approximate surface area is 162 Å². The maximum Gasteiger partial charge on any atom is 0.228 e. The van der Waals surface area contributed by atoms with Crippen LogP contribution in [0, 0.1) is 0 Å². The van der Waals surface area contributed by atoms with Gasteiger partial charge in [0.25, 0.3) is 0 Å². The maximum absolute atomic E-state index is 13.2. The molecule has 3 heterocycles. The number of amides is 1. The average molecular weight is 372 g/mol. The molecule has 0 aliphatic carbocycles. The fraction of sp³-hybridized carbons (Fsp3) is 0.174. The van der Waals surface area contributed by atoms with E-state index in [1.807, 2.05) is 40.6 Å². The summed E-state index contributed by atoms with van der Waals surface area (Å²) in [6.45, 7) is 0.749. The fourth-order valence-electron chi connectivity index (χ4n) is 4.16. The zero-order valence-electron chi connectivity index (χ0n) is 14.9. The summed E-state index contributed by atoms with van der Waals surface area (Å²) in [6, 6.07) is 22.8. The Bertz CT molecular complexity index is 1080. The molecule has 27 heavy (non-hydrogen) atoms. The highest BCUT2D eigenvalue weighted by Crippen LogP contribution is 2.38. The standard InChI is InChI=1S/C23H20N2OS/c26-21(15-17-9-6-14-27-17)25-13-12-19-18-10-4-5-11-20(18)24-22(19)23(25)16-7-2-1-3-8-16/h1-11,14,23-24H,12-13,15H2/t23-/m0/s1. The molecule has 4 aromatic rings. The van der Waals surface area contributed by atoms with Crippen LogP contribution in [0.2, 0.25) is 0 Å². The van der Waals surface area contributed by atoms with Crippen molar-refractivity contribution in [1.82, 2.24) is 9.88 Å². The van der Waals surface area contributed by atoms with Gasteiger partial charge in [0.1, 0.15) is 0 Å². The number of rotatable bonds is 3. The van der Waals surface area contributed by atoms with E-state index in [0.29, 0.717) is 6.42 Å². The van der Waals surface area contributed by atoms with Gasteiger partial charge in [-0.3, -0.25) is 4.79 Å². The molecule has 2 aromatic carbocycles. The Morgan fingerprint density at radius 3 is 2.67 bits per heavy atom. The van der Waals surface area contributed by atoms with Crippen LogP contribution in [0.1, 0.15) is 27.7 Å². The Kier molecular flexibility index (Phi) is 4.06. The first-order valence-corrected chi connectivity index (χ1v) is 10.2. The van der Waals surface area contributed by atoms with Gasteiger partial charge in [-0.2, -0.15) is 0 Å². The lowest BCUT2D eigenvalue weighted by Gasteiger charge is -2.36. The van der Waals surface area contributed by atoms with Crippen molar-refractivity contribution in [2.24, 2.45) is 0 Å². The Morgan fingerprint density at radius 1 is 1.04 bits per heavy atom. The summed E-state index contributed by atoms with van der Waals surface area (Å²) in [6.07, 6.45) is 1.36. The van der Waals surface area contributed by atoms with Gasteiger partial charge >= 0.3 is 0 Å². The summed E-state index contributed by atoms with van der Waals surface area (Å²) in [5.41, 5.74) is 4.81. The predicted octanol–water partition coefficient (Wildman–Crippen LogP) is 4.95. The largest absolute Gasteiger partial charge is 0.356 e. The van der Waals surface area contributed by atoms with Gasteiger partial charge in [-0.1, -0.05) is 54.6 Å². The van der Waals surface area contributed by atoms with E-state index in [1.165, 1.54) is 10.9 Å². The number of carbonyl (C=O) groups excluding carboxylic acids is 1. The summed E-state index contributed by atoms with van der Waals surface area (Å²) in [5.74, 6) is 0.190. The van der Waals surface area contributed by atoms with Crippen LogP contribution in [0.5, 0.6) is 0 Å². The van der Waals surface area contributed by atoms with Crippen LogP contribution < -0.4 is 0 Å². The Hall–Kier alpha value is -2.85. The summed E-state index contributed by atoms with van der Waals surface area (Å²) < 4.78 is 0. The van der Waals surface area contributed by atoms with E-state index in [2.05, 4.69) is 41.4 Å². The highest BCUT2D eigenvalue weighted by Gasteiger charge is 2.34. The third-order valence-electron chi connectivity index (χ3n) is 5.38.